The average Bonchev–Trinajstić information content (AvgIpc) is 2.82. The van der Waals surface area contributed by atoms with Gasteiger partial charge in [0.1, 0.15) is 0 Å². The average molecular weight is 462 g/mol. The molecule has 178 valence electrons. The normalized spacial score (nSPS) is 12.1. The van der Waals surface area contributed by atoms with Crippen molar-refractivity contribution < 1.29 is 14.7 Å². The first kappa shape index (κ1) is 24.9. The highest BCUT2D eigenvalue weighted by atomic mass is 16.4. The van der Waals surface area contributed by atoms with Gasteiger partial charge in [-0.25, -0.2) is 5.10 Å². The van der Waals surface area contributed by atoms with E-state index in [-0.39, 0.29) is 17.9 Å². The second kappa shape index (κ2) is 12.5. The van der Waals surface area contributed by atoms with Crippen LogP contribution in [0.4, 0.5) is 5.69 Å². The number of anilines is 1. The molecular weight excluding hydrogens is 430 g/mol. The second-order valence-electron chi connectivity index (χ2n) is 8.41. The van der Waals surface area contributed by atoms with Crippen molar-refractivity contribution >= 4 is 28.3 Å². The molecule has 1 amide bonds. The minimum Gasteiger partial charge on any atom is -0.481 e. The molecule has 0 spiro atoms. The van der Waals surface area contributed by atoms with Gasteiger partial charge in [0.25, 0.3) is 5.56 Å². The van der Waals surface area contributed by atoms with Crippen LogP contribution in [0.5, 0.6) is 0 Å². The van der Waals surface area contributed by atoms with Crippen LogP contribution in [-0.2, 0) is 16.0 Å². The second-order valence-corrected chi connectivity index (χ2v) is 8.41. The number of benzene rings is 2. The fourth-order valence-electron chi connectivity index (χ4n) is 3.89. The smallest absolute Gasteiger partial charge is 0.304 e. The first-order valence-electron chi connectivity index (χ1n) is 11.7. The van der Waals surface area contributed by atoms with Crippen molar-refractivity contribution in [3.05, 3.63) is 82.3 Å². The molecule has 0 radical (unpaired) electrons. The zero-order chi connectivity index (χ0) is 24.3. The van der Waals surface area contributed by atoms with E-state index in [4.69, 9.17) is 0 Å². The van der Waals surface area contributed by atoms with Gasteiger partial charge in [-0.15, -0.1) is 0 Å². The summed E-state index contributed by atoms with van der Waals surface area (Å²) in [5.74, 6) is -1.96. The number of rotatable bonds is 12. The Morgan fingerprint density at radius 1 is 1.09 bits per heavy atom. The molecule has 0 aliphatic rings. The van der Waals surface area contributed by atoms with Gasteiger partial charge in [-0.2, -0.15) is 5.10 Å². The summed E-state index contributed by atoms with van der Waals surface area (Å²) in [6.45, 7) is 2.14. The Balaban J connectivity index is 1.69. The van der Waals surface area contributed by atoms with Crippen LogP contribution < -0.4 is 10.9 Å². The van der Waals surface area contributed by atoms with Crippen LogP contribution in [-0.4, -0.2) is 27.2 Å². The maximum absolute atomic E-state index is 12.8. The Hall–Kier alpha value is -3.74. The van der Waals surface area contributed by atoms with Gasteiger partial charge in [0, 0.05) is 17.5 Å². The molecule has 7 heteroatoms. The SMILES string of the molecule is CCCCC/C=C/CC(CC(=O)O)C(=O)Nc1cccc(Cc2n[nH]c(=O)c3ccccc23)c1. The molecule has 1 atom stereocenters. The summed E-state index contributed by atoms with van der Waals surface area (Å²) in [6, 6.07) is 14.7. The molecule has 3 aromatic rings. The Morgan fingerprint density at radius 2 is 1.88 bits per heavy atom. The van der Waals surface area contributed by atoms with Crippen LogP contribution in [0.25, 0.3) is 10.8 Å². The van der Waals surface area contributed by atoms with E-state index in [9.17, 15) is 19.5 Å². The van der Waals surface area contributed by atoms with Crippen LogP contribution in [0.3, 0.4) is 0 Å². The van der Waals surface area contributed by atoms with Gasteiger partial charge in [0.05, 0.1) is 23.4 Å². The van der Waals surface area contributed by atoms with E-state index < -0.39 is 11.9 Å². The van der Waals surface area contributed by atoms with Crippen LogP contribution >= 0.6 is 0 Å². The van der Waals surface area contributed by atoms with E-state index >= 15 is 0 Å². The third-order valence-corrected chi connectivity index (χ3v) is 5.69. The molecular formula is C27H31N3O4. The number of allylic oxidation sites excluding steroid dienone is 2. The summed E-state index contributed by atoms with van der Waals surface area (Å²) < 4.78 is 0. The van der Waals surface area contributed by atoms with Crippen LogP contribution in [0, 0.1) is 5.92 Å². The molecule has 1 aromatic heterocycles. The fourth-order valence-corrected chi connectivity index (χ4v) is 3.89. The minimum absolute atomic E-state index is 0.224. The number of carboxylic acids is 1. The summed E-state index contributed by atoms with van der Waals surface area (Å²) in [5.41, 5.74) is 2.01. The summed E-state index contributed by atoms with van der Waals surface area (Å²) >= 11 is 0. The molecule has 34 heavy (non-hydrogen) atoms. The molecule has 0 bridgehead atoms. The van der Waals surface area contributed by atoms with E-state index in [2.05, 4.69) is 22.4 Å². The van der Waals surface area contributed by atoms with E-state index in [1.165, 1.54) is 0 Å². The molecule has 2 aromatic carbocycles. The van der Waals surface area contributed by atoms with Crippen molar-refractivity contribution in [1.29, 1.82) is 0 Å². The largest absolute Gasteiger partial charge is 0.481 e. The topological polar surface area (TPSA) is 112 Å². The number of hydrogen-bond acceptors (Lipinski definition) is 4. The number of carbonyl (C=O) groups excluding carboxylic acids is 1. The molecule has 0 saturated carbocycles. The van der Waals surface area contributed by atoms with Crippen molar-refractivity contribution in [3.63, 3.8) is 0 Å². The molecule has 3 N–H and O–H groups in total. The molecule has 1 heterocycles. The minimum atomic E-state index is -0.996. The molecule has 7 nitrogen and oxygen atoms in total. The molecule has 0 fully saturated rings. The standard InChI is InChI=1S/C27H31N3O4/c1-2-3-4-5-6-7-12-20(18-25(31)32)26(33)28-21-13-10-11-19(16-21)17-24-22-14-8-9-15-23(22)27(34)30-29-24/h6-11,13-16,20H,2-5,12,17-18H2,1H3,(H,28,33)(H,30,34)(H,31,32)/b7-6+. The fraction of sp³-hybridized carbons (Fsp3) is 0.333. The number of aliphatic carboxylic acids is 1. The van der Waals surface area contributed by atoms with Gasteiger partial charge < -0.3 is 10.4 Å². The van der Waals surface area contributed by atoms with Crippen molar-refractivity contribution in [2.75, 3.05) is 5.32 Å². The van der Waals surface area contributed by atoms with E-state index in [1.807, 2.05) is 48.6 Å². The lowest BCUT2D eigenvalue weighted by atomic mass is 9.99. The highest BCUT2D eigenvalue weighted by Crippen LogP contribution is 2.20. The highest BCUT2D eigenvalue weighted by Gasteiger charge is 2.21. The van der Waals surface area contributed by atoms with E-state index in [1.54, 1.807) is 12.1 Å². The number of amides is 1. The number of aromatic amines is 1. The van der Waals surface area contributed by atoms with Crippen LogP contribution in [0.2, 0.25) is 0 Å². The Kier molecular flexibility index (Phi) is 9.14. The number of carbonyl (C=O) groups is 2. The van der Waals surface area contributed by atoms with Crippen LogP contribution in [0.1, 0.15) is 56.7 Å². The lowest BCUT2D eigenvalue weighted by Gasteiger charge is -2.14. The van der Waals surface area contributed by atoms with E-state index in [0.29, 0.717) is 23.9 Å². The van der Waals surface area contributed by atoms with Gasteiger partial charge in [-0.3, -0.25) is 14.4 Å². The monoisotopic (exact) mass is 461 g/mol. The number of H-pyrrole nitrogens is 1. The third kappa shape index (κ3) is 7.13. The third-order valence-electron chi connectivity index (χ3n) is 5.69. The predicted molar refractivity (Wildman–Crippen MR) is 134 cm³/mol. The molecule has 0 saturated heterocycles. The summed E-state index contributed by atoms with van der Waals surface area (Å²) in [6.07, 6.45) is 8.90. The van der Waals surface area contributed by atoms with Crippen molar-refractivity contribution in [3.8, 4) is 0 Å². The molecule has 0 aliphatic carbocycles. The number of nitrogens with one attached hydrogen (secondary N) is 2. The van der Waals surface area contributed by atoms with Gasteiger partial charge in [-0.1, -0.05) is 62.2 Å². The maximum Gasteiger partial charge on any atom is 0.304 e. The lowest BCUT2D eigenvalue weighted by molar-refractivity contribution is -0.140. The number of unbranched alkanes of at least 4 members (excludes halogenated alkanes) is 3. The zero-order valence-corrected chi connectivity index (χ0v) is 19.4. The molecule has 1 unspecified atom stereocenters. The van der Waals surface area contributed by atoms with E-state index in [0.717, 1.165) is 42.3 Å². The van der Waals surface area contributed by atoms with Crippen molar-refractivity contribution in [2.24, 2.45) is 5.92 Å². The number of carboxylic acid groups (broad SMARTS) is 1. The number of nitrogens with zero attached hydrogens (tertiary/aromatic N) is 1. The Labute approximate surface area is 198 Å². The zero-order valence-electron chi connectivity index (χ0n) is 19.4. The molecule has 0 aliphatic heterocycles. The van der Waals surface area contributed by atoms with Crippen molar-refractivity contribution in [2.45, 2.75) is 51.9 Å². The Bertz CT molecular complexity index is 1220. The van der Waals surface area contributed by atoms with Gasteiger partial charge in [0.2, 0.25) is 5.91 Å². The first-order chi connectivity index (χ1) is 16.5. The number of fused-ring (bicyclic) bond motifs is 1. The summed E-state index contributed by atoms with van der Waals surface area (Å²) in [7, 11) is 0. The van der Waals surface area contributed by atoms with Crippen molar-refractivity contribution in [1.82, 2.24) is 10.2 Å². The van der Waals surface area contributed by atoms with Crippen LogP contribution in [0.15, 0.2) is 65.5 Å². The predicted octanol–water partition coefficient (Wildman–Crippen LogP) is 5.07. The summed E-state index contributed by atoms with van der Waals surface area (Å²) in [4.78, 5) is 36.2. The number of aromatic nitrogens is 2. The molecule has 3 rings (SSSR count). The van der Waals surface area contributed by atoms with Gasteiger partial charge in [0.15, 0.2) is 0 Å². The lowest BCUT2D eigenvalue weighted by Crippen LogP contribution is -2.25. The number of hydrogen-bond donors (Lipinski definition) is 3. The van der Waals surface area contributed by atoms with Gasteiger partial charge in [-0.05, 0) is 43.0 Å². The first-order valence-corrected chi connectivity index (χ1v) is 11.7. The summed E-state index contributed by atoms with van der Waals surface area (Å²) in [5, 5.41) is 20.2. The highest BCUT2D eigenvalue weighted by molar-refractivity contribution is 5.94. The maximum atomic E-state index is 12.8. The Morgan fingerprint density at radius 3 is 2.65 bits per heavy atom. The van der Waals surface area contributed by atoms with Gasteiger partial charge >= 0.3 is 5.97 Å². The quantitative estimate of drug-likeness (QED) is 0.257.